The van der Waals surface area contributed by atoms with Crippen molar-refractivity contribution in [2.45, 2.75) is 39.0 Å². The largest absolute Gasteiger partial charge is 0.403 e. The third-order valence-electron chi connectivity index (χ3n) is 4.30. The topological polar surface area (TPSA) is 43.1 Å². The minimum Gasteiger partial charge on any atom is -0.403 e. The number of thiophene rings is 1. The Morgan fingerprint density at radius 1 is 1.09 bits per heavy atom. The fourth-order valence-corrected chi connectivity index (χ4v) is 4.34. The van der Waals surface area contributed by atoms with E-state index < -0.39 is 0 Å². The van der Waals surface area contributed by atoms with Crippen molar-refractivity contribution in [2.24, 2.45) is 0 Å². The summed E-state index contributed by atoms with van der Waals surface area (Å²) in [6.07, 6.45) is 5.64. The maximum atomic E-state index is 12.5. The second-order valence-corrected chi connectivity index (χ2v) is 7.00. The van der Waals surface area contributed by atoms with Crippen LogP contribution in [0.25, 0.3) is 21.7 Å². The molecule has 2 aromatic heterocycles. The van der Waals surface area contributed by atoms with Crippen LogP contribution < -0.4 is 5.63 Å². The van der Waals surface area contributed by atoms with Gasteiger partial charge in [-0.1, -0.05) is 24.1 Å². The molecule has 0 amide bonds. The van der Waals surface area contributed by atoms with Crippen molar-refractivity contribution in [1.29, 1.82) is 0 Å². The first-order valence-corrected chi connectivity index (χ1v) is 8.56. The van der Waals surface area contributed by atoms with Gasteiger partial charge in [-0.25, -0.2) is 9.78 Å². The molecule has 1 aliphatic carbocycles. The normalized spacial score (nSPS) is 14.8. The number of aryl methyl sites for hydroxylation is 3. The SMILES string of the molecule is Cc1ccc(-c2nc3sc4c(c3c(=O)o2)CCCCC4)cc1. The molecule has 0 spiro atoms. The number of hydrogen-bond donors (Lipinski definition) is 0. The molecule has 0 bridgehead atoms. The maximum Gasteiger partial charge on any atom is 0.348 e. The summed E-state index contributed by atoms with van der Waals surface area (Å²) >= 11 is 1.67. The van der Waals surface area contributed by atoms with Crippen LogP contribution in [0, 0.1) is 6.92 Å². The Morgan fingerprint density at radius 2 is 1.86 bits per heavy atom. The molecule has 0 unspecified atom stereocenters. The quantitative estimate of drug-likeness (QED) is 0.622. The van der Waals surface area contributed by atoms with Gasteiger partial charge < -0.3 is 4.42 Å². The highest BCUT2D eigenvalue weighted by Crippen LogP contribution is 2.34. The van der Waals surface area contributed by atoms with Crippen LogP contribution in [0.1, 0.15) is 35.3 Å². The molecule has 0 saturated heterocycles. The predicted octanol–water partition coefficient (Wildman–Crippen LogP) is 4.49. The van der Waals surface area contributed by atoms with Crippen molar-refractivity contribution in [2.75, 3.05) is 0 Å². The van der Waals surface area contributed by atoms with Gasteiger partial charge in [0.05, 0.1) is 0 Å². The molecule has 4 rings (SSSR count). The molecule has 22 heavy (non-hydrogen) atoms. The van der Waals surface area contributed by atoms with Gasteiger partial charge in [-0.15, -0.1) is 11.3 Å². The molecule has 0 fully saturated rings. The van der Waals surface area contributed by atoms with E-state index in [0.29, 0.717) is 5.89 Å². The highest BCUT2D eigenvalue weighted by atomic mass is 32.1. The van der Waals surface area contributed by atoms with Gasteiger partial charge in [-0.3, -0.25) is 0 Å². The number of fused-ring (bicyclic) bond motifs is 3. The lowest BCUT2D eigenvalue weighted by Crippen LogP contribution is -2.03. The van der Waals surface area contributed by atoms with Gasteiger partial charge in [0.1, 0.15) is 10.2 Å². The summed E-state index contributed by atoms with van der Waals surface area (Å²) < 4.78 is 5.52. The van der Waals surface area contributed by atoms with Crippen molar-refractivity contribution < 1.29 is 4.42 Å². The fraction of sp³-hybridized carbons (Fsp3) is 0.333. The van der Waals surface area contributed by atoms with E-state index in [9.17, 15) is 4.79 Å². The molecular weight excluding hydrogens is 294 g/mol. The van der Waals surface area contributed by atoms with Crippen molar-refractivity contribution in [3.63, 3.8) is 0 Å². The van der Waals surface area contributed by atoms with Gasteiger partial charge in [0, 0.05) is 10.4 Å². The third kappa shape index (κ3) is 2.28. The van der Waals surface area contributed by atoms with Crippen LogP contribution in [0.3, 0.4) is 0 Å². The Bertz CT molecular complexity index is 890. The maximum absolute atomic E-state index is 12.5. The van der Waals surface area contributed by atoms with Crippen LogP contribution in [-0.2, 0) is 12.8 Å². The average molecular weight is 311 g/mol. The van der Waals surface area contributed by atoms with Gasteiger partial charge in [-0.05, 0) is 50.3 Å². The molecule has 2 heterocycles. The lowest BCUT2D eigenvalue weighted by Gasteiger charge is -2.01. The van der Waals surface area contributed by atoms with Crippen LogP contribution in [0.5, 0.6) is 0 Å². The number of hydrogen-bond acceptors (Lipinski definition) is 4. The summed E-state index contributed by atoms with van der Waals surface area (Å²) in [5.41, 5.74) is 2.98. The minimum atomic E-state index is -0.236. The molecule has 112 valence electrons. The number of aromatic nitrogens is 1. The first kappa shape index (κ1) is 13.7. The second kappa shape index (κ2) is 5.36. The Morgan fingerprint density at radius 3 is 2.68 bits per heavy atom. The van der Waals surface area contributed by atoms with Crippen LogP contribution in [0.4, 0.5) is 0 Å². The summed E-state index contributed by atoms with van der Waals surface area (Å²) in [5, 5.41) is 0.720. The zero-order chi connectivity index (χ0) is 15.1. The second-order valence-electron chi connectivity index (χ2n) is 5.92. The molecule has 3 aromatic rings. The Labute approximate surface area is 132 Å². The molecule has 3 nitrogen and oxygen atoms in total. The minimum absolute atomic E-state index is 0.236. The molecule has 0 saturated carbocycles. The molecule has 1 aliphatic rings. The van der Waals surface area contributed by atoms with E-state index >= 15 is 0 Å². The molecule has 4 heteroatoms. The summed E-state index contributed by atoms with van der Waals surface area (Å²) in [5.74, 6) is 0.425. The molecule has 0 aliphatic heterocycles. The first-order valence-electron chi connectivity index (χ1n) is 7.75. The van der Waals surface area contributed by atoms with Crippen molar-refractivity contribution in [3.05, 3.63) is 50.7 Å². The third-order valence-corrected chi connectivity index (χ3v) is 5.48. The van der Waals surface area contributed by atoms with E-state index in [1.807, 2.05) is 31.2 Å². The zero-order valence-corrected chi connectivity index (χ0v) is 13.3. The highest BCUT2D eigenvalue weighted by molar-refractivity contribution is 7.18. The summed E-state index contributed by atoms with van der Waals surface area (Å²) in [4.78, 5) is 19.3. The van der Waals surface area contributed by atoms with Gasteiger partial charge in [-0.2, -0.15) is 0 Å². The lowest BCUT2D eigenvalue weighted by molar-refractivity contribution is 0.518. The molecular formula is C18H17NO2S. The number of benzene rings is 1. The average Bonchev–Trinajstić information content (AvgIpc) is 2.70. The first-order chi connectivity index (χ1) is 10.7. The van der Waals surface area contributed by atoms with Crippen LogP contribution in [-0.4, -0.2) is 4.98 Å². The predicted molar refractivity (Wildman–Crippen MR) is 89.6 cm³/mol. The monoisotopic (exact) mass is 311 g/mol. The number of rotatable bonds is 1. The lowest BCUT2D eigenvalue weighted by atomic mass is 10.1. The fourth-order valence-electron chi connectivity index (χ4n) is 3.09. The van der Waals surface area contributed by atoms with E-state index in [4.69, 9.17) is 4.42 Å². The zero-order valence-electron chi connectivity index (χ0n) is 12.5. The van der Waals surface area contributed by atoms with E-state index in [1.54, 1.807) is 11.3 Å². The van der Waals surface area contributed by atoms with E-state index in [0.717, 1.165) is 35.0 Å². The van der Waals surface area contributed by atoms with Gasteiger partial charge in [0.15, 0.2) is 0 Å². The van der Waals surface area contributed by atoms with Gasteiger partial charge in [0.25, 0.3) is 0 Å². The highest BCUT2D eigenvalue weighted by Gasteiger charge is 2.20. The Kier molecular flexibility index (Phi) is 3.34. The summed E-state index contributed by atoms with van der Waals surface area (Å²) in [6, 6.07) is 7.91. The smallest absolute Gasteiger partial charge is 0.348 e. The molecule has 1 aromatic carbocycles. The van der Waals surface area contributed by atoms with Crippen molar-refractivity contribution in [3.8, 4) is 11.5 Å². The Hall–Kier alpha value is -1.94. The molecule has 0 atom stereocenters. The van der Waals surface area contributed by atoms with Gasteiger partial charge in [0.2, 0.25) is 5.89 Å². The van der Waals surface area contributed by atoms with Crippen molar-refractivity contribution >= 4 is 21.6 Å². The summed E-state index contributed by atoms with van der Waals surface area (Å²) in [7, 11) is 0. The van der Waals surface area contributed by atoms with Crippen LogP contribution in [0.15, 0.2) is 33.5 Å². The van der Waals surface area contributed by atoms with Crippen LogP contribution in [0.2, 0.25) is 0 Å². The number of nitrogens with zero attached hydrogens (tertiary/aromatic N) is 1. The van der Waals surface area contributed by atoms with Gasteiger partial charge >= 0.3 is 5.63 Å². The standard InChI is InChI=1S/C18H17NO2S/c1-11-7-9-12(10-8-11)16-19-17-15(18(20)21-16)13-5-3-2-4-6-14(13)22-17/h7-10H,2-6H2,1H3. The molecule has 0 N–H and O–H groups in total. The van der Waals surface area contributed by atoms with E-state index in [1.165, 1.54) is 28.8 Å². The Balaban J connectivity index is 1.90. The van der Waals surface area contributed by atoms with Crippen molar-refractivity contribution in [1.82, 2.24) is 4.98 Å². The van der Waals surface area contributed by atoms with E-state index in [-0.39, 0.29) is 5.63 Å². The van der Waals surface area contributed by atoms with Crippen LogP contribution >= 0.6 is 11.3 Å². The molecule has 0 radical (unpaired) electrons. The van der Waals surface area contributed by atoms with E-state index in [2.05, 4.69) is 4.98 Å². The summed E-state index contributed by atoms with van der Waals surface area (Å²) in [6.45, 7) is 2.03.